The maximum absolute atomic E-state index is 8.60. The highest BCUT2D eigenvalue weighted by Gasteiger charge is 2.01. The van der Waals surface area contributed by atoms with Crippen molar-refractivity contribution < 1.29 is 0 Å². The van der Waals surface area contributed by atoms with Gasteiger partial charge in [0, 0.05) is 8.04 Å². The first-order chi connectivity index (χ1) is 5.15. The third-order valence-electron chi connectivity index (χ3n) is 1.41. The molecule has 3 heteroatoms. The van der Waals surface area contributed by atoms with Crippen LogP contribution in [-0.2, 0) is 0 Å². The topological polar surface area (TPSA) is 23.8 Å². The average molecular weight is 322 g/mol. The van der Waals surface area contributed by atoms with E-state index in [0.29, 0.717) is 5.56 Å². The first-order valence-electron chi connectivity index (χ1n) is 3.01. The van der Waals surface area contributed by atoms with Crippen LogP contribution in [0.4, 0.5) is 0 Å². The summed E-state index contributed by atoms with van der Waals surface area (Å²) in [5, 5.41) is 8.60. The fourth-order valence-corrected chi connectivity index (χ4v) is 2.17. The second-order valence-corrected chi connectivity index (χ2v) is 4.19. The lowest BCUT2D eigenvalue weighted by molar-refractivity contribution is 1.36. The fraction of sp³-hybridized carbons (Fsp3) is 0.125. The minimum atomic E-state index is 0.701. The molecule has 0 saturated heterocycles. The number of hydrogen-bond acceptors (Lipinski definition) is 1. The minimum absolute atomic E-state index is 0.701. The zero-order chi connectivity index (χ0) is 8.43. The van der Waals surface area contributed by atoms with Crippen LogP contribution in [-0.4, -0.2) is 0 Å². The zero-order valence-electron chi connectivity index (χ0n) is 5.86. The van der Waals surface area contributed by atoms with Gasteiger partial charge >= 0.3 is 0 Å². The summed E-state index contributed by atoms with van der Waals surface area (Å²) < 4.78 is 2.12. The molecular weight excluding hydrogens is 317 g/mol. The van der Waals surface area contributed by atoms with Gasteiger partial charge in [-0.15, -0.1) is 0 Å². The van der Waals surface area contributed by atoms with Crippen molar-refractivity contribution in [1.29, 1.82) is 5.26 Å². The van der Waals surface area contributed by atoms with Gasteiger partial charge in [-0.3, -0.25) is 0 Å². The molecule has 1 aromatic rings. The predicted octanol–water partition coefficient (Wildman–Crippen LogP) is 3.23. The Morgan fingerprint density at radius 1 is 1.55 bits per heavy atom. The highest BCUT2D eigenvalue weighted by molar-refractivity contribution is 14.1. The van der Waals surface area contributed by atoms with E-state index >= 15 is 0 Å². The molecule has 1 rings (SSSR count). The molecule has 0 amide bonds. The van der Waals surface area contributed by atoms with Gasteiger partial charge < -0.3 is 0 Å². The molecule has 0 fully saturated rings. The molecule has 0 aliphatic heterocycles. The molecule has 0 aromatic heterocycles. The quantitative estimate of drug-likeness (QED) is 0.673. The van der Waals surface area contributed by atoms with Crippen LogP contribution in [0, 0.1) is 21.8 Å². The fourth-order valence-electron chi connectivity index (χ4n) is 0.710. The van der Waals surface area contributed by atoms with Crippen molar-refractivity contribution in [3.05, 3.63) is 31.3 Å². The number of halogens is 2. The number of hydrogen-bond donors (Lipinski definition) is 0. The molecule has 0 aliphatic carbocycles. The second kappa shape index (κ2) is 3.55. The van der Waals surface area contributed by atoms with Gasteiger partial charge in [-0.25, -0.2) is 0 Å². The molecule has 0 unspecified atom stereocenters. The maximum Gasteiger partial charge on any atom is 0.0992 e. The van der Waals surface area contributed by atoms with Gasteiger partial charge in [-0.1, -0.05) is 15.9 Å². The Hall–Kier alpha value is -0.0800. The summed E-state index contributed by atoms with van der Waals surface area (Å²) in [6.07, 6.45) is 0. The van der Waals surface area contributed by atoms with E-state index in [0.717, 1.165) is 8.04 Å². The second-order valence-electron chi connectivity index (χ2n) is 2.18. The summed E-state index contributed by atoms with van der Waals surface area (Å²) in [4.78, 5) is 0. The molecule has 0 heterocycles. The van der Waals surface area contributed by atoms with E-state index in [1.807, 2.05) is 19.1 Å². The van der Waals surface area contributed by atoms with Crippen molar-refractivity contribution in [3.63, 3.8) is 0 Å². The highest BCUT2D eigenvalue weighted by atomic mass is 127. The van der Waals surface area contributed by atoms with Crippen LogP contribution in [0.5, 0.6) is 0 Å². The number of nitriles is 1. The van der Waals surface area contributed by atoms with Gasteiger partial charge in [0.05, 0.1) is 11.6 Å². The first kappa shape index (κ1) is 9.01. The lowest BCUT2D eigenvalue weighted by atomic mass is 10.2. The molecule has 0 atom stereocenters. The van der Waals surface area contributed by atoms with Crippen LogP contribution in [0.2, 0.25) is 0 Å². The van der Waals surface area contributed by atoms with Gasteiger partial charge in [-0.05, 0) is 47.2 Å². The molecule has 11 heavy (non-hydrogen) atoms. The van der Waals surface area contributed by atoms with E-state index < -0.39 is 0 Å². The number of rotatable bonds is 0. The van der Waals surface area contributed by atoms with Crippen molar-refractivity contribution in [3.8, 4) is 6.07 Å². The lowest BCUT2D eigenvalue weighted by Crippen LogP contribution is -1.84. The Kier molecular flexibility index (Phi) is 2.90. The van der Waals surface area contributed by atoms with Gasteiger partial charge in [0.2, 0.25) is 0 Å². The zero-order valence-corrected chi connectivity index (χ0v) is 9.60. The molecule has 0 bridgehead atoms. The van der Waals surface area contributed by atoms with E-state index in [1.165, 1.54) is 5.56 Å². The summed E-state index contributed by atoms with van der Waals surface area (Å²) in [6.45, 7) is 2.02. The largest absolute Gasteiger partial charge is 0.192 e. The number of nitrogens with zero attached hydrogens (tertiary/aromatic N) is 1. The molecule has 0 radical (unpaired) electrons. The summed E-state index contributed by atoms with van der Waals surface area (Å²) in [5.41, 5.74) is 1.89. The monoisotopic (exact) mass is 321 g/mol. The minimum Gasteiger partial charge on any atom is -0.192 e. The van der Waals surface area contributed by atoms with Crippen LogP contribution in [0.25, 0.3) is 0 Å². The van der Waals surface area contributed by atoms with Crippen molar-refractivity contribution in [2.45, 2.75) is 6.92 Å². The van der Waals surface area contributed by atoms with Crippen molar-refractivity contribution >= 4 is 38.5 Å². The summed E-state index contributed by atoms with van der Waals surface area (Å²) in [7, 11) is 0. The third kappa shape index (κ3) is 1.94. The Morgan fingerprint density at radius 2 is 2.18 bits per heavy atom. The Balaban J connectivity index is 3.35. The van der Waals surface area contributed by atoms with Crippen LogP contribution in [0.1, 0.15) is 11.1 Å². The molecule has 56 valence electrons. The third-order valence-corrected chi connectivity index (χ3v) is 3.35. The van der Waals surface area contributed by atoms with Crippen LogP contribution in [0.3, 0.4) is 0 Å². The summed E-state index contributed by atoms with van der Waals surface area (Å²) in [5.74, 6) is 0. The molecule has 1 nitrogen and oxygen atoms in total. The van der Waals surface area contributed by atoms with E-state index in [1.54, 1.807) is 0 Å². The Bertz CT molecular complexity index is 304. The Labute approximate surface area is 87.7 Å². The Morgan fingerprint density at radius 3 is 2.64 bits per heavy atom. The lowest BCUT2D eigenvalue weighted by Gasteiger charge is -2.00. The molecular formula is C8H5BrIN. The average Bonchev–Trinajstić information content (AvgIpc) is 1.99. The number of benzene rings is 1. The van der Waals surface area contributed by atoms with Crippen LogP contribution >= 0.6 is 38.5 Å². The van der Waals surface area contributed by atoms with Gasteiger partial charge in [0.25, 0.3) is 0 Å². The predicted molar refractivity (Wildman–Crippen MR) is 56.3 cm³/mol. The van der Waals surface area contributed by atoms with E-state index in [-0.39, 0.29) is 0 Å². The van der Waals surface area contributed by atoms with Gasteiger partial charge in [-0.2, -0.15) is 5.26 Å². The summed E-state index contributed by atoms with van der Waals surface area (Å²) in [6, 6.07) is 5.81. The van der Waals surface area contributed by atoms with Gasteiger partial charge in [0.1, 0.15) is 0 Å². The normalized spacial score (nSPS) is 9.27. The SMILES string of the molecule is Cc1c(Br)cc(C#N)cc1I. The van der Waals surface area contributed by atoms with E-state index in [2.05, 4.69) is 44.6 Å². The van der Waals surface area contributed by atoms with E-state index in [4.69, 9.17) is 5.26 Å². The molecule has 0 saturated carbocycles. The molecule has 0 N–H and O–H groups in total. The molecule has 0 aliphatic rings. The van der Waals surface area contributed by atoms with Crippen molar-refractivity contribution in [2.24, 2.45) is 0 Å². The van der Waals surface area contributed by atoms with E-state index in [9.17, 15) is 0 Å². The highest BCUT2D eigenvalue weighted by Crippen LogP contribution is 2.22. The summed E-state index contributed by atoms with van der Waals surface area (Å²) >= 11 is 5.60. The molecule has 0 spiro atoms. The van der Waals surface area contributed by atoms with Crippen LogP contribution in [0.15, 0.2) is 16.6 Å². The smallest absolute Gasteiger partial charge is 0.0992 e. The van der Waals surface area contributed by atoms with Crippen LogP contribution < -0.4 is 0 Å². The van der Waals surface area contributed by atoms with Crippen molar-refractivity contribution in [1.82, 2.24) is 0 Å². The first-order valence-corrected chi connectivity index (χ1v) is 4.88. The standard InChI is InChI=1S/C8H5BrIN/c1-5-7(9)2-6(4-11)3-8(5)10/h2-3H,1H3. The van der Waals surface area contributed by atoms with Crippen molar-refractivity contribution in [2.75, 3.05) is 0 Å². The molecule has 1 aromatic carbocycles. The maximum atomic E-state index is 8.60. The van der Waals surface area contributed by atoms with Gasteiger partial charge in [0.15, 0.2) is 0 Å².